The molecule has 0 bridgehead atoms. The Labute approximate surface area is 104 Å². The maximum Gasteiger partial charge on any atom is 0.151 e. The molecule has 0 aliphatic carbocycles. The van der Waals surface area contributed by atoms with Gasteiger partial charge in [-0.1, -0.05) is 18.2 Å². The van der Waals surface area contributed by atoms with E-state index in [4.69, 9.17) is 21.0 Å². The molecule has 18 heavy (non-hydrogen) atoms. The first-order valence-corrected chi connectivity index (χ1v) is 5.22. The van der Waals surface area contributed by atoms with Gasteiger partial charge < -0.3 is 10.5 Å². The summed E-state index contributed by atoms with van der Waals surface area (Å²) in [7, 11) is 0. The number of nitrogen functional groups attached to an aromatic ring is 1. The van der Waals surface area contributed by atoms with Crippen LogP contribution in [0.5, 0.6) is 11.5 Å². The van der Waals surface area contributed by atoms with Crippen molar-refractivity contribution in [3.05, 3.63) is 53.6 Å². The number of anilines is 1. The summed E-state index contributed by atoms with van der Waals surface area (Å²) in [6, 6.07) is 15.8. The minimum atomic E-state index is 0.271. The molecular weight excluding hydrogens is 226 g/mol. The zero-order valence-corrected chi connectivity index (χ0v) is 9.42. The van der Waals surface area contributed by atoms with E-state index in [0.717, 1.165) is 0 Å². The maximum absolute atomic E-state index is 8.95. The topological polar surface area (TPSA) is 82.8 Å². The van der Waals surface area contributed by atoms with Crippen molar-refractivity contribution in [2.24, 2.45) is 0 Å². The maximum atomic E-state index is 8.95. The van der Waals surface area contributed by atoms with Crippen molar-refractivity contribution in [2.45, 2.75) is 0 Å². The predicted molar refractivity (Wildman–Crippen MR) is 66.8 cm³/mol. The van der Waals surface area contributed by atoms with E-state index >= 15 is 0 Å². The Morgan fingerprint density at radius 2 is 1.44 bits per heavy atom. The van der Waals surface area contributed by atoms with Crippen molar-refractivity contribution in [1.29, 1.82) is 10.5 Å². The minimum Gasteiger partial charge on any atom is -0.454 e. The average molecular weight is 235 g/mol. The van der Waals surface area contributed by atoms with Crippen LogP contribution >= 0.6 is 0 Å². The summed E-state index contributed by atoms with van der Waals surface area (Å²) in [6.45, 7) is 0. The van der Waals surface area contributed by atoms with Crippen molar-refractivity contribution in [2.75, 3.05) is 5.73 Å². The van der Waals surface area contributed by atoms with Crippen molar-refractivity contribution >= 4 is 5.69 Å². The highest BCUT2D eigenvalue weighted by molar-refractivity contribution is 5.64. The molecule has 0 heterocycles. The highest BCUT2D eigenvalue weighted by atomic mass is 16.5. The van der Waals surface area contributed by atoms with Gasteiger partial charge in [-0.05, 0) is 24.3 Å². The fourth-order valence-corrected chi connectivity index (χ4v) is 1.50. The molecule has 0 aliphatic heterocycles. The molecule has 0 unspecified atom stereocenters. The van der Waals surface area contributed by atoms with E-state index in [1.807, 2.05) is 12.1 Å². The van der Waals surface area contributed by atoms with Crippen molar-refractivity contribution in [3.8, 4) is 23.6 Å². The quantitative estimate of drug-likeness (QED) is 0.811. The lowest BCUT2D eigenvalue weighted by atomic mass is 10.2. The highest BCUT2D eigenvalue weighted by Gasteiger charge is 2.08. The number of nitrogens with zero attached hydrogens (tertiary/aromatic N) is 2. The molecule has 0 saturated carbocycles. The zero-order chi connectivity index (χ0) is 13.0. The lowest BCUT2D eigenvalue weighted by molar-refractivity contribution is 0.483. The third-order valence-electron chi connectivity index (χ3n) is 2.41. The van der Waals surface area contributed by atoms with Crippen LogP contribution in [0.25, 0.3) is 0 Å². The molecule has 0 radical (unpaired) electrons. The normalized spacial score (nSPS) is 9.22. The van der Waals surface area contributed by atoms with Crippen LogP contribution in [0, 0.1) is 22.7 Å². The minimum absolute atomic E-state index is 0.271. The second-order valence-corrected chi connectivity index (χ2v) is 3.54. The second kappa shape index (κ2) is 4.90. The Bertz CT molecular complexity index is 665. The fourth-order valence-electron chi connectivity index (χ4n) is 1.50. The summed E-state index contributed by atoms with van der Waals surface area (Å²) in [5.41, 5.74) is 6.84. The lowest BCUT2D eigenvalue weighted by Crippen LogP contribution is -1.96. The van der Waals surface area contributed by atoms with E-state index in [0.29, 0.717) is 22.6 Å². The van der Waals surface area contributed by atoms with Gasteiger partial charge in [0.05, 0.1) is 16.8 Å². The molecule has 2 rings (SSSR count). The third kappa shape index (κ3) is 2.09. The van der Waals surface area contributed by atoms with Gasteiger partial charge in [0.25, 0.3) is 0 Å². The van der Waals surface area contributed by atoms with Crippen LogP contribution in [0.4, 0.5) is 5.69 Å². The average Bonchev–Trinajstić information content (AvgIpc) is 2.42. The number of nitriles is 2. The monoisotopic (exact) mass is 235 g/mol. The zero-order valence-electron chi connectivity index (χ0n) is 9.42. The molecule has 2 aromatic carbocycles. The number of hydrogen-bond acceptors (Lipinski definition) is 4. The number of ether oxygens (including phenoxy) is 1. The SMILES string of the molecule is N#Cc1ccccc1Oc1cccc(C#N)c1N. The largest absolute Gasteiger partial charge is 0.454 e. The number of para-hydroxylation sites is 2. The Kier molecular flexibility index (Phi) is 3.13. The molecule has 0 aliphatic rings. The van der Waals surface area contributed by atoms with Gasteiger partial charge >= 0.3 is 0 Å². The van der Waals surface area contributed by atoms with Crippen LogP contribution in [-0.2, 0) is 0 Å². The summed E-state index contributed by atoms with van der Waals surface area (Å²) in [5, 5.41) is 17.8. The van der Waals surface area contributed by atoms with E-state index in [-0.39, 0.29) is 5.69 Å². The smallest absolute Gasteiger partial charge is 0.151 e. The summed E-state index contributed by atoms with van der Waals surface area (Å²) < 4.78 is 5.58. The van der Waals surface area contributed by atoms with Gasteiger partial charge in [0.15, 0.2) is 5.75 Å². The molecule has 86 valence electrons. The summed E-state index contributed by atoms with van der Waals surface area (Å²) >= 11 is 0. The molecule has 0 saturated heterocycles. The number of rotatable bonds is 2. The fraction of sp³-hybridized carbons (Fsp3) is 0. The van der Waals surface area contributed by atoms with E-state index < -0.39 is 0 Å². The van der Waals surface area contributed by atoms with Crippen LogP contribution in [0.15, 0.2) is 42.5 Å². The van der Waals surface area contributed by atoms with Crippen LogP contribution in [-0.4, -0.2) is 0 Å². The van der Waals surface area contributed by atoms with Crippen LogP contribution in [0.3, 0.4) is 0 Å². The van der Waals surface area contributed by atoms with Crippen molar-refractivity contribution in [1.82, 2.24) is 0 Å². The standard InChI is InChI=1S/C14H9N3O/c15-8-10-4-1-2-6-12(10)18-13-7-3-5-11(9-16)14(13)17/h1-7H,17H2. The Morgan fingerprint density at radius 3 is 2.17 bits per heavy atom. The van der Waals surface area contributed by atoms with Gasteiger partial charge in [0.1, 0.15) is 17.9 Å². The molecule has 0 aromatic heterocycles. The molecule has 4 nitrogen and oxygen atoms in total. The Morgan fingerprint density at radius 1 is 0.833 bits per heavy atom. The van der Waals surface area contributed by atoms with Crippen molar-refractivity contribution in [3.63, 3.8) is 0 Å². The van der Waals surface area contributed by atoms with Gasteiger partial charge in [-0.3, -0.25) is 0 Å². The first-order valence-electron chi connectivity index (χ1n) is 5.22. The van der Waals surface area contributed by atoms with Gasteiger partial charge in [-0.25, -0.2) is 0 Å². The molecule has 0 amide bonds. The lowest BCUT2D eigenvalue weighted by Gasteiger charge is -2.10. The molecule has 2 aromatic rings. The molecule has 2 N–H and O–H groups in total. The van der Waals surface area contributed by atoms with Crippen LogP contribution in [0.2, 0.25) is 0 Å². The second-order valence-electron chi connectivity index (χ2n) is 3.54. The summed E-state index contributed by atoms with van der Waals surface area (Å²) in [4.78, 5) is 0. The molecule has 0 spiro atoms. The Hall–Kier alpha value is -2.98. The van der Waals surface area contributed by atoms with Gasteiger partial charge in [-0.2, -0.15) is 10.5 Å². The van der Waals surface area contributed by atoms with E-state index in [2.05, 4.69) is 0 Å². The van der Waals surface area contributed by atoms with Gasteiger partial charge in [0.2, 0.25) is 0 Å². The Balaban J connectivity index is 2.42. The molecule has 0 atom stereocenters. The van der Waals surface area contributed by atoms with Crippen molar-refractivity contribution < 1.29 is 4.74 Å². The van der Waals surface area contributed by atoms with Crippen LogP contribution in [0.1, 0.15) is 11.1 Å². The molecule has 0 fully saturated rings. The van der Waals surface area contributed by atoms with Gasteiger partial charge in [0, 0.05) is 0 Å². The van der Waals surface area contributed by atoms with Crippen LogP contribution < -0.4 is 10.5 Å². The van der Waals surface area contributed by atoms with E-state index in [1.165, 1.54) is 0 Å². The predicted octanol–water partition coefficient (Wildman–Crippen LogP) is 2.80. The van der Waals surface area contributed by atoms with E-state index in [9.17, 15) is 0 Å². The number of benzene rings is 2. The molecule has 4 heteroatoms. The first-order chi connectivity index (χ1) is 8.76. The number of nitrogens with two attached hydrogens (primary N) is 1. The van der Waals surface area contributed by atoms with E-state index in [1.54, 1.807) is 42.5 Å². The summed E-state index contributed by atoms with van der Waals surface area (Å²) in [6.07, 6.45) is 0. The van der Waals surface area contributed by atoms with Gasteiger partial charge in [-0.15, -0.1) is 0 Å². The highest BCUT2D eigenvalue weighted by Crippen LogP contribution is 2.31. The first kappa shape index (κ1) is 11.5. The third-order valence-corrected chi connectivity index (χ3v) is 2.41. The molecular formula is C14H9N3O. The summed E-state index contributed by atoms with van der Waals surface area (Å²) in [5.74, 6) is 0.790. The number of hydrogen-bond donors (Lipinski definition) is 1.